The number of anilines is 1. The predicted octanol–water partition coefficient (Wildman–Crippen LogP) is 0.960. The van der Waals surface area contributed by atoms with Gasteiger partial charge in [-0.15, -0.1) is 0 Å². The van der Waals surface area contributed by atoms with E-state index in [0.29, 0.717) is 18.7 Å². The van der Waals surface area contributed by atoms with Gasteiger partial charge in [0.2, 0.25) is 5.91 Å². The number of nitrogens with zero attached hydrogens (tertiary/aromatic N) is 2. The summed E-state index contributed by atoms with van der Waals surface area (Å²) in [5, 5.41) is 0. The Morgan fingerprint density at radius 1 is 1.50 bits per heavy atom. The minimum Gasteiger partial charge on any atom is -0.466 e. The van der Waals surface area contributed by atoms with Crippen molar-refractivity contribution >= 4 is 17.7 Å². The Hall–Kier alpha value is -2.11. The average molecular weight is 277 g/mol. The van der Waals surface area contributed by atoms with Crippen LogP contribution in [0.15, 0.2) is 18.3 Å². The fourth-order valence-corrected chi connectivity index (χ4v) is 2.36. The Morgan fingerprint density at radius 3 is 2.90 bits per heavy atom. The van der Waals surface area contributed by atoms with Gasteiger partial charge in [0.05, 0.1) is 18.1 Å². The molecule has 0 saturated carbocycles. The second kappa shape index (κ2) is 6.36. The standard InChI is InChI=1S/C14H19N3O3/c1-2-20-14(19)11-4-3-7-17(9-11)12-6-5-10(8-16-12)13(15)18/h5-6,8,11H,2-4,7,9H2,1H3,(H2,15,18). The summed E-state index contributed by atoms with van der Waals surface area (Å²) in [6.07, 6.45) is 3.23. The third-order valence-electron chi connectivity index (χ3n) is 3.40. The van der Waals surface area contributed by atoms with E-state index >= 15 is 0 Å². The predicted molar refractivity (Wildman–Crippen MR) is 74.3 cm³/mol. The monoisotopic (exact) mass is 277 g/mol. The van der Waals surface area contributed by atoms with E-state index in [1.165, 1.54) is 6.20 Å². The number of primary amides is 1. The van der Waals surface area contributed by atoms with Crippen molar-refractivity contribution < 1.29 is 14.3 Å². The molecule has 20 heavy (non-hydrogen) atoms. The van der Waals surface area contributed by atoms with Crippen LogP contribution in [0, 0.1) is 5.92 Å². The lowest BCUT2D eigenvalue weighted by Gasteiger charge is -2.32. The maximum absolute atomic E-state index is 11.8. The van der Waals surface area contributed by atoms with Crippen LogP contribution in [0.2, 0.25) is 0 Å². The first kappa shape index (κ1) is 14.3. The fourth-order valence-electron chi connectivity index (χ4n) is 2.36. The van der Waals surface area contributed by atoms with Crippen LogP contribution in [0.1, 0.15) is 30.1 Å². The van der Waals surface area contributed by atoms with Crippen LogP contribution < -0.4 is 10.6 Å². The molecule has 0 radical (unpaired) electrons. The van der Waals surface area contributed by atoms with Gasteiger partial charge in [-0.3, -0.25) is 9.59 Å². The molecule has 0 bridgehead atoms. The summed E-state index contributed by atoms with van der Waals surface area (Å²) in [7, 11) is 0. The molecular formula is C14H19N3O3. The number of aromatic nitrogens is 1. The summed E-state index contributed by atoms with van der Waals surface area (Å²) in [5.74, 6) is 0.00312. The number of nitrogens with two attached hydrogens (primary N) is 1. The molecule has 1 unspecified atom stereocenters. The van der Waals surface area contributed by atoms with E-state index in [4.69, 9.17) is 10.5 Å². The SMILES string of the molecule is CCOC(=O)C1CCCN(c2ccc(C(N)=O)cn2)C1. The van der Waals surface area contributed by atoms with Gasteiger partial charge in [0, 0.05) is 19.3 Å². The number of esters is 1. The van der Waals surface area contributed by atoms with Crippen LogP contribution in [0.3, 0.4) is 0 Å². The molecule has 6 nitrogen and oxygen atoms in total. The number of carbonyl (C=O) groups is 2. The highest BCUT2D eigenvalue weighted by Crippen LogP contribution is 2.22. The van der Waals surface area contributed by atoms with Crippen LogP contribution in [-0.2, 0) is 9.53 Å². The van der Waals surface area contributed by atoms with E-state index < -0.39 is 5.91 Å². The lowest BCUT2D eigenvalue weighted by Crippen LogP contribution is -2.39. The Labute approximate surface area is 117 Å². The van der Waals surface area contributed by atoms with Crippen molar-refractivity contribution in [1.29, 1.82) is 0 Å². The minimum atomic E-state index is -0.493. The summed E-state index contributed by atoms with van der Waals surface area (Å²) in [6.45, 7) is 3.66. The second-order valence-electron chi connectivity index (χ2n) is 4.81. The average Bonchev–Trinajstić information content (AvgIpc) is 2.48. The van der Waals surface area contributed by atoms with Gasteiger partial charge in [0.25, 0.3) is 0 Å². The minimum absolute atomic E-state index is 0.110. The zero-order valence-electron chi connectivity index (χ0n) is 11.5. The largest absolute Gasteiger partial charge is 0.466 e. The molecular weight excluding hydrogens is 258 g/mol. The molecule has 6 heteroatoms. The van der Waals surface area contributed by atoms with Crippen LogP contribution in [-0.4, -0.2) is 36.6 Å². The highest BCUT2D eigenvalue weighted by Gasteiger charge is 2.27. The molecule has 0 aromatic carbocycles. The van der Waals surface area contributed by atoms with E-state index in [1.807, 2.05) is 11.8 Å². The van der Waals surface area contributed by atoms with Gasteiger partial charge in [-0.05, 0) is 31.9 Å². The Morgan fingerprint density at radius 2 is 2.30 bits per heavy atom. The molecule has 108 valence electrons. The number of ether oxygens (including phenoxy) is 1. The molecule has 0 spiro atoms. The molecule has 1 atom stereocenters. The molecule has 2 N–H and O–H groups in total. The number of hydrogen-bond acceptors (Lipinski definition) is 5. The van der Waals surface area contributed by atoms with Gasteiger partial charge in [-0.1, -0.05) is 0 Å². The van der Waals surface area contributed by atoms with Crippen molar-refractivity contribution in [3.05, 3.63) is 23.9 Å². The van der Waals surface area contributed by atoms with E-state index in [2.05, 4.69) is 4.98 Å². The van der Waals surface area contributed by atoms with Gasteiger partial charge < -0.3 is 15.4 Å². The fraction of sp³-hybridized carbons (Fsp3) is 0.500. The van der Waals surface area contributed by atoms with E-state index in [-0.39, 0.29) is 11.9 Å². The van der Waals surface area contributed by atoms with Crippen molar-refractivity contribution in [2.75, 3.05) is 24.6 Å². The quantitative estimate of drug-likeness (QED) is 0.828. The number of rotatable bonds is 4. The first-order valence-corrected chi connectivity index (χ1v) is 6.79. The zero-order valence-corrected chi connectivity index (χ0v) is 11.5. The molecule has 1 aliphatic rings. The van der Waals surface area contributed by atoms with Gasteiger partial charge in [0.15, 0.2) is 0 Å². The zero-order chi connectivity index (χ0) is 14.5. The van der Waals surface area contributed by atoms with Crippen molar-refractivity contribution in [3.8, 4) is 0 Å². The Bertz CT molecular complexity index is 487. The van der Waals surface area contributed by atoms with Gasteiger partial charge in [-0.2, -0.15) is 0 Å². The highest BCUT2D eigenvalue weighted by atomic mass is 16.5. The first-order chi connectivity index (χ1) is 9.61. The topological polar surface area (TPSA) is 85.5 Å². The molecule has 0 aliphatic carbocycles. The van der Waals surface area contributed by atoms with E-state index in [1.54, 1.807) is 12.1 Å². The maximum atomic E-state index is 11.8. The van der Waals surface area contributed by atoms with Crippen LogP contribution in [0.5, 0.6) is 0 Å². The number of amides is 1. The smallest absolute Gasteiger partial charge is 0.310 e. The third kappa shape index (κ3) is 3.26. The molecule has 1 amide bonds. The number of hydrogen-bond donors (Lipinski definition) is 1. The highest BCUT2D eigenvalue weighted by molar-refractivity contribution is 5.92. The molecule has 1 saturated heterocycles. The first-order valence-electron chi connectivity index (χ1n) is 6.79. The maximum Gasteiger partial charge on any atom is 0.310 e. The number of pyridine rings is 1. The van der Waals surface area contributed by atoms with Crippen molar-refractivity contribution in [1.82, 2.24) is 4.98 Å². The summed E-state index contributed by atoms with van der Waals surface area (Å²) in [4.78, 5) is 29.1. The summed E-state index contributed by atoms with van der Waals surface area (Å²) >= 11 is 0. The lowest BCUT2D eigenvalue weighted by atomic mass is 9.98. The Balaban J connectivity index is 2.04. The molecule has 2 heterocycles. The van der Waals surface area contributed by atoms with Crippen LogP contribution in [0.4, 0.5) is 5.82 Å². The van der Waals surface area contributed by atoms with E-state index in [0.717, 1.165) is 25.2 Å². The van der Waals surface area contributed by atoms with Crippen LogP contribution in [0.25, 0.3) is 0 Å². The third-order valence-corrected chi connectivity index (χ3v) is 3.40. The summed E-state index contributed by atoms with van der Waals surface area (Å²) in [6, 6.07) is 3.41. The van der Waals surface area contributed by atoms with Gasteiger partial charge >= 0.3 is 5.97 Å². The molecule has 1 aliphatic heterocycles. The number of piperidine rings is 1. The summed E-state index contributed by atoms with van der Waals surface area (Å²) < 4.78 is 5.07. The van der Waals surface area contributed by atoms with Gasteiger partial charge in [0.1, 0.15) is 5.82 Å². The Kier molecular flexibility index (Phi) is 4.55. The number of carbonyl (C=O) groups excluding carboxylic acids is 2. The van der Waals surface area contributed by atoms with Crippen molar-refractivity contribution in [2.45, 2.75) is 19.8 Å². The van der Waals surface area contributed by atoms with E-state index in [9.17, 15) is 9.59 Å². The van der Waals surface area contributed by atoms with Gasteiger partial charge in [-0.25, -0.2) is 4.98 Å². The van der Waals surface area contributed by atoms with Crippen molar-refractivity contribution in [3.63, 3.8) is 0 Å². The van der Waals surface area contributed by atoms with Crippen molar-refractivity contribution in [2.24, 2.45) is 11.7 Å². The summed E-state index contributed by atoms with van der Waals surface area (Å²) in [5.41, 5.74) is 5.57. The molecule has 1 fully saturated rings. The molecule has 2 rings (SSSR count). The normalized spacial score (nSPS) is 18.6. The van der Waals surface area contributed by atoms with Crippen LogP contribution >= 0.6 is 0 Å². The molecule has 1 aromatic heterocycles. The second-order valence-corrected chi connectivity index (χ2v) is 4.81. The lowest BCUT2D eigenvalue weighted by molar-refractivity contribution is -0.148. The molecule has 1 aromatic rings.